The molecule has 0 unspecified atom stereocenters. The summed E-state index contributed by atoms with van der Waals surface area (Å²) in [6.45, 7) is 9.68. The quantitative estimate of drug-likeness (QED) is 0.512. The van der Waals surface area contributed by atoms with E-state index in [-0.39, 0.29) is 0 Å². The lowest BCUT2D eigenvalue weighted by molar-refractivity contribution is -0.134. The van der Waals surface area contributed by atoms with E-state index in [4.69, 9.17) is 9.31 Å². The number of rotatable bonds is 6. The number of aryl methyl sites for hydroxylation is 1. The Balaban J connectivity index is 2.21. The van der Waals surface area contributed by atoms with E-state index < -0.39 is 29.4 Å². The van der Waals surface area contributed by atoms with Crippen LogP contribution in [-0.2, 0) is 21.9 Å². The van der Waals surface area contributed by atoms with Crippen LogP contribution in [0.2, 0.25) is 0 Å². The number of halogens is 3. The van der Waals surface area contributed by atoms with Crippen molar-refractivity contribution in [2.24, 2.45) is 0 Å². The van der Waals surface area contributed by atoms with E-state index in [9.17, 15) is 13.2 Å². The molecule has 136 valence electrons. The maximum absolute atomic E-state index is 13.4. The van der Waals surface area contributed by atoms with Crippen LogP contribution in [0.25, 0.3) is 0 Å². The van der Waals surface area contributed by atoms with Gasteiger partial charge in [0, 0.05) is 4.78 Å². The Labute approximate surface area is 146 Å². The van der Waals surface area contributed by atoms with Crippen LogP contribution >= 0.6 is 11.3 Å². The van der Waals surface area contributed by atoms with Gasteiger partial charge in [-0.25, -0.2) is 0 Å². The molecule has 0 aliphatic carbocycles. The van der Waals surface area contributed by atoms with Crippen molar-refractivity contribution in [3.8, 4) is 0 Å². The molecule has 1 fully saturated rings. The highest BCUT2D eigenvalue weighted by Crippen LogP contribution is 2.40. The maximum atomic E-state index is 13.4. The molecule has 2 nitrogen and oxygen atoms in total. The molecule has 0 N–H and O–H groups in total. The molecule has 1 aliphatic heterocycles. The minimum absolute atomic E-state index is 0.369. The Kier molecular flexibility index (Phi) is 5.78. The molecular weight excluding hydrogens is 336 g/mol. The molecule has 0 radical (unpaired) electrons. The van der Waals surface area contributed by atoms with Crippen LogP contribution in [0, 0.1) is 0 Å². The van der Waals surface area contributed by atoms with Gasteiger partial charge in [0.25, 0.3) is 0 Å². The maximum Gasteiger partial charge on any atom is 0.505 e. The Bertz CT molecular complexity index is 551. The van der Waals surface area contributed by atoms with E-state index in [1.54, 1.807) is 6.07 Å². The second kappa shape index (κ2) is 7.00. The van der Waals surface area contributed by atoms with Gasteiger partial charge in [-0.15, -0.1) is 11.3 Å². The van der Waals surface area contributed by atoms with E-state index in [2.05, 4.69) is 6.92 Å². The lowest BCUT2D eigenvalue weighted by Crippen LogP contribution is -2.41. The van der Waals surface area contributed by atoms with Crippen molar-refractivity contribution in [1.29, 1.82) is 0 Å². The van der Waals surface area contributed by atoms with Gasteiger partial charge in [0.15, 0.2) is 0 Å². The summed E-state index contributed by atoms with van der Waals surface area (Å²) in [6, 6.07) is 1.63. The summed E-state index contributed by atoms with van der Waals surface area (Å²) < 4.78 is 52.4. The van der Waals surface area contributed by atoms with Crippen molar-refractivity contribution in [2.75, 3.05) is 0 Å². The highest BCUT2D eigenvalue weighted by molar-refractivity contribution is 7.22. The largest absolute Gasteiger partial charge is 0.505 e. The molecule has 7 heteroatoms. The van der Waals surface area contributed by atoms with E-state index in [1.807, 2.05) is 27.7 Å². The van der Waals surface area contributed by atoms with Gasteiger partial charge in [0.2, 0.25) is 0 Å². The average molecular weight is 362 g/mol. The zero-order valence-corrected chi connectivity index (χ0v) is 15.9. The summed E-state index contributed by atoms with van der Waals surface area (Å²) in [5, 5.41) is 0. The zero-order chi connectivity index (χ0) is 18.2. The average Bonchev–Trinajstić information content (AvgIpc) is 2.94. The molecule has 2 heterocycles. The fraction of sp³-hybridized carbons (Fsp3) is 0.765. The number of alkyl halides is 3. The Morgan fingerprint density at radius 3 is 2.12 bits per heavy atom. The smallest absolute Gasteiger partial charge is 0.399 e. The summed E-state index contributed by atoms with van der Waals surface area (Å²) >= 11 is 0.754. The van der Waals surface area contributed by atoms with Gasteiger partial charge in [-0.05, 0) is 52.2 Å². The van der Waals surface area contributed by atoms with Gasteiger partial charge >= 0.3 is 13.3 Å². The van der Waals surface area contributed by atoms with Crippen molar-refractivity contribution >= 4 is 23.2 Å². The first-order chi connectivity index (χ1) is 11.0. The number of unbranched alkanes of at least 4 members (excludes halogenated alkanes) is 3. The molecule has 24 heavy (non-hydrogen) atoms. The van der Waals surface area contributed by atoms with Crippen LogP contribution in [-0.4, -0.2) is 18.3 Å². The third kappa shape index (κ3) is 4.17. The second-order valence-electron chi connectivity index (χ2n) is 7.40. The van der Waals surface area contributed by atoms with Crippen LogP contribution in [0.4, 0.5) is 13.2 Å². The zero-order valence-electron chi connectivity index (χ0n) is 15.0. The normalized spacial score (nSPS) is 19.9. The van der Waals surface area contributed by atoms with Crippen LogP contribution in [0.5, 0.6) is 0 Å². The highest BCUT2D eigenvalue weighted by Gasteiger charge is 2.53. The first kappa shape index (κ1) is 19.8. The predicted octanol–water partition coefficient (Wildman–Crippen LogP) is 5.19. The molecule has 1 aromatic rings. The molecule has 0 aromatic carbocycles. The van der Waals surface area contributed by atoms with Gasteiger partial charge in [-0.3, -0.25) is 0 Å². The third-order valence-electron chi connectivity index (χ3n) is 4.87. The molecule has 0 atom stereocenters. The Morgan fingerprint density at radius 1 is 1.04 bits per heavy atom. The minimum atomic E-state index is -4.33. The Morgan fingerprint density at radius 2 is 1.62 bits per heavy atom. The Hall–Kier alpha value is -0.525. The van der Waals surface area contributed by atoms with E-state index in [0.717, 1.165) is 37.0 Å². The van der Waals surface area contributed by atoms with Crippen LogP contribution in [0.3, 0.4) is 0 Å². The summed E-state index contributed by atoms with van der Waals surface area (Å²) in [5.41, 5.74) is -0.740. The molecule has 0 bridgehead atoms. The summed E-state index contributed by atoms with van der Waals surface area (Å²) in [4.78, 5) is -0.510. The van der Waals surface area contributed by atoms with E-state index in [1.165, 1.54) is 0 Å². The summed E-state index contributed by atoms with van der Waals surface area (Å²) in [7, 11) is -0.731. The first-order valence-corrected chi connectivity index (χ1v) is 9.35. The van der Waals surface area contributed by atoms with Crippen molar-refractivity contribution < 1.29 is 22.5 Å². The summed E-state index contributed by atoms with van der Waals surface area (Å²) in [5.74, 6) is 0. The van der Waals surface area contributed by atoms with Crippen LogP contribution < -0.4 is 4.78 Å². The third-order valence-corrected chi connectivity index (χ3v) is 6.11. The number of hydrogen-bond donors (Lipinski definition) is 0. The first-order valence-electron chi connectivity index (χ1n) is 8.53. The molecule has 1 aliphatic rings. The molecule has 2 rings (SSSR count). The molecule has 0 amide bonds. The minimum Gasteiger partial charge on any atom is -0.399 e. The van der Waals surface area contributed by atoms with Gasteiger partial charge in [-0.2, -0.15) is 13.2 Å². The van der Waals surface area contributed by atoms with Gasteiger partial charge in [-0.1, -0.05) is 26.2 Å². The fourth-order valence-electron chi connectivity index (χ4n) is 2.69. The SMILES string of the molecule is CCCCCCc1cc(B2OC(C)(C)C(C)(C)O2)sc1C(F)(F)F. The number of thiophene rings is 1. The lowest BCUT2D eigenvalue weighted by atomic mass is 9.87. The molecule has 0 saturated carbocycles. The molecule has 0 spiro atoms. The van der Waals surface area contributed by atoms with E-state index >= 15 is 0 Å². The fourth-order valence-corrected chi connectivity index (χ4v) is 3.73. The van der Waals surface area contributed by atoms with Gasteiger partial charge < -0.3 is 9.31 Å². The van der Waals surface area contributed by atoms with E-state index in [0.29, 0.717) is 16.8 Å². The monoisotopic (exact) mass is 362 g/mol. The van der Waals surface area contributed by atoms with Crippen LogP contribution in [0.15, 0.2) is 6.07 Å². The second-order valence-corrected chi connectivity index (χ2v) is 8.48. The lowest BCUT2D eigenvalue weighted by Gasteiger charge is -2.32. The van der Waals surface area contributed by atoms with Gasteiger partial charge in [0.05, 0.1) is 11.2 Å². The molecule has 1 saturated heterocycles. The van der Waals surface area contributed by atoms with Crippen LogP contribution in [0.1, 0.15) is 70.7 Å². The number of hydrogen-bond acceptors (Lipinski definition) is 3. The highest BCUT2D eigenvalue weighted by atomic mass is 32.1. The standard InChI is InChI=1S/C17H26BF3O2S/c1-6-7-8-9-10-12-11-13(24-14(12)17(19,20)21)18-22-15(2,3)16(4,5)23-18/h11H,6-10H2,1-5H3. The molecular formula is C17H26BF3O2S. The molecule has 1 aromatic heterocycles. The summed E-state index contributed by atoms with van der Waals surface area (Å²) in [6.07, 6.45) is -0.0338. The van der Waals surface area contributed by atoms with Crippen molar-refractivity contribution in [3.63, 3.8) is 0 Å². The van der Waals surface area contributed by atoms with Crippen molar-refractivity contribution in [2.45, 2.75) is 84.1 Å². The van der Waals surface area contributed by atoms with Crippen molar-refractivity contribution in [3.05, 3.63) is 16.5 Å². The van der Waals surface area contributed by atoms with Crippen molar-refractivity contribution in [1.82, 2.24) is 0 Å². The predicted molar refractivity (Wildman–Crippen MR) is 92.9 cm³/mol. The topological polar surface area (TPSA) is 18.5 Å². The van der Waals surface area contributed by atoms with Gasteiger partial charge in [0.1, 0.15) is 4.88 Å².